The van der Waals surface area contributed by atoms with Crippen LogP contribution in [0.2, 0.25) is 0 Å². The van der Waals surface area contributed by atoms with Gasteiger partial charge in [0, 0.05) is 24.8 Å². The maximum absolute atomic E-state index is 12.3. The highest BCUT2D eigenvalue weighted by Crippen LogP contribution is 2.29. The van der Waals surface area contributed by atoms with Crippen LogP contribution in [0.15, 0.2) is 30.3 Å². The van der Waals surface area contributed by atoms with Gasteiger partial charge >= 0.3 is 0 Å². The molecule has 1 heterocycles. The second-order valence-corrected chi connectivity index (χ2v) is 6.41. The minimum atomic E-state index is 0.115. The number of carbonyl (C=O) groups is 1. The highest BCUT2D eigenvalue weighted by molar-refractivity contribution is 5.94. The quantitative estimate of drug-likeness (QED) is 0.851. The minimum absolute atomic E-state index is 0.115. The average molecular weight is 297 g/mol. The van der Waals surface area contributed by atoms with Crippen LogP contribution in [-0.2, 0) is 6.54 Å². The number of aryl methyl sites for hydroxylation is 2. The van der Waals surface area contributed by atoms with Crippen LogP contribution in [0, 0.1) is 19.8 Å². The SMILES string of the molecule is Cc1cc(C)n(Cc2ccc(C(=O)N(C)CC3CC3)cc2)n1. The van der Waals surface area contributed by atoms with E-state index >= 15 is 0 Å². The van der Waals surface area contributed by atoms with Crippen LogP contribution in [0.5, 0.6) is 0 Å². The summed E-state index contributed by atoms with van der Waals surface area (Å²) < 4.78 is 1.99. The Bertz CT molecular complexity index is 668. The lowest BCUT2D eigenvalue weighted by Gasteiger charge is -2.17. The molecule has 1 fully saturated rings. The maximum atomic E-state index is 12.3. The molecular formula is C18H23N3O. The molecule has 0 N–H and O–H groups in total. The van der Waals surface area contributed by atoms with E-state index in [-0.39, 0.29) is 5.91 Å². The zero-order valence-corrected chi connectivity index (χ0v) is 13.5. The van der Waals surface area contributed by atoms with E-state index in [9.17, 15) is 4.79 Å². The zero-order chi connectivity index (χ0) is 15.7. The molecule has 1 amide bonds. The lowest BCUT2D eigenvalue weighted by Crippen LogP contribution is -2.28. The predicted molar refractivity (Wildman–Crippen MR) is 86.9 cm³/mol. The van der Waals surface area contributed by atoms with Crippen LogP contribution in [-0.4, -0.2) is 34.2 Å². The summed E-state index contributed by atoms with van der Waals surface area (Å²) in [5.41, 5.74) is 4.11. The van der Waals surface area contributed by atoms with Crippen LogP contribution >= 0.6 is 0 Å². The number of rotatable bonds is 5. The van der Waals surface area contributed by atoms with E-state index in [0.29, 0.717) is 0 Å². The first kappa shape index (κ1) is 14.8. The fourth-order valence-electron chi connectivity index (χ4n) is 2.75. The Morgan fingerprint density at radius 3 is 2.50 bits per heavy atom. The molecule has 4 nitrogen and oxygen atoms in total. The minimum Gasteiger partial charge on any atom is -0.341 e. The van der Waals surface area contributed by atoms with Crippen molar-refractivity contribution in [3.63, 3.8) is 0 Å². The summed E-state index contributed by atoms with van der Waals surface area (Å²) in [6.45, 7) is 5.68. The molecule has 0 saturated heterocycles. The first-order chi connectivity index (χ1) is 10.5. The molecule has 2 aromatic rings. The lowest BCUT2D eigenvalue weighted by atomic mass is 10.1. The average Bonchev–Trinajstić information content (AvgIpc) is 3.24. The Morgan fingerprint density at radius 1 is 1.27 bits per heavy atom. The van der Waals surface area contributed by atoms with E-state index in [1.807, 2.05) is 47.8 Å². The highest BCUT2D eigenvalue weighted by atomic mass is 16.2. The largest absolute Gasteiger partial charge is 0.341 e. The van der Waals surface area contributed by atoms with Crippen molar-refractivity contribution in [3.05, 3.63) is 52.8 Å². The smallest absolute Gasteiger partial charge is 0.253 e. The van der Waals surface area contributed by atoms with Crippen LogP contribution in [0.1, 0.15) is 40.2 Å². The Kier molecular flexibility index (Phi) is 4.01. The monoisotopic (exact) mass is 297 g/mol. The Labute approximate surface area is 131 Å². The summed E-state index contributed by atoms with van der Waals surface area (Å²) in [6, 6.07) is 9.97. The van der Waals surface area contributed by atoms with E-state index in [1.54, 1.807) is 0 Å². The maximum Gasteiger partial charge on any atom is 0.253 e. The van der Waals surface area contributed by atoms with Gasteiger partial charge in [0.25, 0.3) is 5.91 Å². The van der Waals surface area contributed by atoms with E-state index in [1.165, 1.54) is 12.8 Å². The van der Waals surface area contributed by atoms with Crippen molar-refractivity contribution in [1.29, 1.82) is 0 Å². The fourth-order valence-corrected chi connectivity index (χ4v) is 2.75. The fraction of sp³-hybridized carbons (Fsp3) is 0.444. The molecule has 116 valence electrons. The topological polar surface area (TPSA) is 38.1 Å². The summed E-state index contributed by atoms with van der Waals surface area (Å²) >= 11 is 0. The van der Waals surface area contributed by atoms with Gasteiger partial charge in [-0.25, -0.2) is 0 Å². The van der Waals surface area contributed by atoms with Crippen molar-refractivity contribution < 1.29 is 4.79 Å². The first-order valence-corrected chi connectivity index (χ1v) is 7.88. The van der Waals surface area contributed by atoms with Crippen molar-refractivity contribution >= 4 is 5.91 Å². The van der Waals surface area contributed by atoms with E-state index in [4.69, 9.17) is 0 Å². The third-order valence-corrected chi connectivity index (χ3v) is 4.21. The second-order valence-electron chi connectivity index (χ2n) is 6.41. The van der Waals surface area contributed by atoms with E-state index in [0.717, 1.165) is 41.5 Å². The Morgan fingerprint density at radius 2 is 1.95 bits per heavy atom. The van der Waals surface area contributed by atoms with E-state index in [2.05, 4.69) is 18.1 Å². The number of hydrogen-bond acceptors (Lipinski definition) is 2. The molecule has 0 radical (unpaired) electrons. The van der Waals surface area contributed by atoms with Crippen molar-refractivity contribution in [2.24, 2.45) is 5.92 Å². The lowest BCUT2D eigenvalue weighted by molar-refractivity contribution is 0.0788. The number of benzene rings is 1. The molecule has 1 aromatic heterocycles. The van der Waals surface area contributed by atoms with Crippen LogP contribution < -0.4 is 0 Å². The van der Waals surface area contributed by atoms with Crippen LogP contribution in [0.25, 0.3) is 0 Å². The molecule has 0 bridgehead atoms. The summed E-state index contributed by atoms with van der Waals surface area (Å²) in [6.07, 6.45) is 2.53. The first-order valence-electron chi connectivity index (χ1n) is 7.88. The van der Waals surface area contributed by atoms with Crippen molar-refractivity contribution in [2.45, 2.75) is 33.2 Å². The number of nitrogens with zero attached hydrogens (tertiary/aromatic N) is 3. The second kappa shape index (κ2) is 5.95. The molecule has 0 aliphatic heterocycles. The molecule has 1 saturated carbocycles. The van der Waals surface area contributed by atoms with Crippen LogP contribution in [0.4, 0.5) is 0 Å². The number of carbonyl (C=O) groups excluding carboxylic acids is 1. The molecular weight excluding hydrogens is 274 g/mol. The molecule has 1 aliphatic carbocycles. The normalized spacial score (nSPS) is 14.1. The van der Waals surface area contributed by atoms with Crippen LogP contribution in [0.3, 0.4) is 0 Å². The van der Waals surface area contributed by atoms with Gasteiger partial charge in [-0.1, -0.05) is 12.1 Å². The molecule has 1 aliphatic rings. The molecule has 1 aromatic carbocycles. The molecule has 0 spiro atoms. The Balaban J connectivity index is 1.66. The van der Waals surface area contributed by atoms with Gasteiger partial charge in [-0.05, 0) is 56.4 Å². The summed E-state index contributed by atoms with van der Waals surface area (Å²) in [7, 11) is 1.89. The van der Waals surface area contributed by atoms with Crippen molar-refractivity contribution in [2.75, 3.05) is 13.6 Å². The number of amides is 1. The molecule has 22 heavy (non-hydrogen) atoms. The van der Waals surface area contributed by atoms with Gasteiger partial charge < -0.3 is 4.90 Å². The van der Waals surface area contributed by atoms with Gasteiger partial charge in [0.2, 0.25) is 0 Å². The molecule has 0 atom stereocenters. The molecule has 3 rings (SSSR count). The molecule has 0 unspecified atom stereocenters. The highest BCUT2D eigenvalue weighted by Gasteiger charge is 2.25. The number of hydrogen-bond donors (Lipinski definition) is 0. The van der Waals surface area contributed by atoms with Gasteiger partial charge in [0.05, 0.1) is 12.2 Å². The molecule has 4 heteroatoms. The van der Waals surface area contributed by atoms with Gasteiger partial charge in [-0.2, -0.15) is 5.10 Å². The van der Waals surface area contributed by atoms with Gasteiger partial charge in [-0.3, -0.25) is 9.48 Å². The van der Waals surface area contributed by atoms with Gasteiger partial charge in [-0.15, -0.1) is 0 Å². The van der Waals surface area contributed by atoms with Crippen molar-refractivity contribution in [3.8, 4) is 0 Å². The van der Waals surface area contributed by atoms with Gasteiger partial charge in [0.15, 0.2) is 0 Å². The Hall–Kier alpha value is -2.10. The zero-order valence-electron chi connectivity index (χ0n) is 13.5. The van der Waals surface area contributed by atoms with E-state index < -0.39 is 0 Å². The third-order valence-electron chi connectivity index (χ3n) is 4.21. The standard InChI is InChI=1S/C18H23N3O/c1-13-10-14(2)21(19-13)12-16-6-8-17(9-7-16)18(22)20(3)11-15-4-5-15/h6-10,15H,4-5,11-12H2,1-3H3. The summed E-state index contributed by atoms with van der Waals surface area (Å²) in [4.78, 5) is 14.2. The van der Waals surface area contributed by atoms with Crippen molar-refractivity contribution in [1.82, 2.24) is 14.7 Å². The number of aromatic nitrogens is 2. The third kappa shape index (κ3) is 3.38. The summed E-state index contributed by atoms with van der Waals surface area (Å²) in [5, 5.41) is 4.47. The predicted octanol–water partition coefficient (Wildman–Crippen LogP) is 3.03. The summed E-state index contributed by atoms with van der Waals surface area (Å²) in [5.74, 6) is 0.837. The van der Waals surface area contributed by atoms with Gasteiger partial charge in [0.1, 0.15) is 0 Å².